The molecule has 1 aliphatic heterocycles. The molecule has 1 heterocycles. The van der Waals surface area contributed by atoms with Crippen LogP contribution < -0.4 is 5.32 Å². The van der Waals surface area contributed by atoms with Crippen LogP contribution in [0.3, 0.4) is 0 Å². The number of unbranched alkanes of at least 4 members (excludes halogenated alkanes) is 8. The third-order valence-electron chi connectivity index (χ3n) is 9.47. The first-order valence-electron chi connectivity index (χ1n) is 19.4. The van der Waals surface area contributed by atoms with Crippen LogP contribution in [0.1, 0.15) is 94.2 Å². The molecule has 3 aromatic rings. The number of carbonyl (C=O) groups excluding carboxylic acids is 1. The van der Waals surface area contributed by atoms with Gasteiger partial charge < -0.3 is 34.1 Å². The van der Waals surface area contributed by atoms with E-state index in [4.69, 9.17) is 23.7 Å². The quantitative estimate of drug-likeness (QED) is 0.0636. The molecule has 0 bridgehead atoms. The normalized spacial score (nSPS) is 20.7. The minimum absolute atomic E-state index is 0.179. The first-order valence-corrected chi connectivity index (χ1v) is 19.4. The van der Waals surface area contributed by atoms with Crippen molar-refractivity contribution >= 4 is 5.91 Å². The number of aliphatic hydroxyl groups is 1. The Morgan fingerprint density at radius 2 is 1.27 bits per heavy atom. The fraction of sp³-hybridized carbons (Fsp3) is 0.523. The molecule has 0 aliphatic carbocycles. The summed E-state index contributed by atoms with van der Waals surface area (Å²) in [6, 6.07) is 29.0. The predicted octanol–water partition coefficient (Wildman–Crippen LogP) is 8.46. The summed E-state index contributed by atoms with van der Waals surface area (Å²) >= 11 is 0. The third-order valence-corrected chi connectivity index (χ3v) is 9.47. The Balaban J connectivity index is 1.48. The molecule has 0 aromatic heterocycles. The summed E-state index contributed by atoms with van der Waals surface area (Å²) < 4.78 is 31.8. The van der Waals surface area contributed by atoms with Gasteiger partial charge >= 0.3 is 0 Å². The van der Waals surface area contributed by atoms with E-state index >= 15 is 0 Å². The van der Waals surface area contributed by atoms with Crippen LogP contribution in [0, 0.1) is 0 Å². The van der Waals surface area contributed by atoms with Crippen LogP contribution in [0.15, 0.2) is 104 Å². The van der Waals surface area contributed by atoms with Crippen LogP contribution >= 0.6 is 0 Å². The molecule has 1 aliphatic rings. The molecule has 8 nitrogen and oxygen atoms in total. The van der Waals surface area contributed by atoms with Gasteiger partial charge in [0, 0.05) is 0 Å². The first-order chi connectivity index (χ1) is 25.6. The van der Waals surface area contributed by atoms with Gasteiger partial charge in [-0.15, -0.1) is 6.58 Å². The zero-order valence-electron chi connectivity index (χ0n) is 31.1. The maximum atomic E-state index is 14.0. The molecule has 0 radical (unpaired) electrons. The van der Waals surface area contributed by atoms with E-state index in [-0.39, 0.29) is 44.9 Å². The van der Waals surface area contributed by atoms with Gasteiger partial charge in [-0.3, -0.25) is 4.79 Å². The lowest BCUT2D eigenvalue weighted by atomic mass is 9.95. The van der Waals surface area contributed by atoms with Crippen molar-refractivity contribution < 1.29 is 33.6 Å². The van der Waals surface area contributed by atoms with Crippen molar-refractivity contribution in [2.75, 3.05) is 13.2 Å². The summed E-state index contributed by atoms with van der Waals surface area (Å²) in [7, 11) is 0. The highest BCUT2D eigenvalue weighted by molar-refractivity contribution is 5.77. The Hall–Kier alpha value is -3.37. The van der Waals surface area contributed by atoms with E-state index in [1.54, 1.807) is 6.08 Å². The number of hydrogen-bond acceptors (Lipinski definition) is 7. The lowest BCUT2D eigenvalue weighted by Gasteiger charge is -2.46. The second-order valence-corrected chi connectivity index (χ2v) is 13.7. The van der Waals surface area contributed by atoms with Crippen molar-refractivity contribution in [1.82, 2.24) is 5.32 Å². The second kappa shape index (κ2) is 24.8. The van der Waals surface area contributed by atoms with E-state index in [0.717, 1.165) is 36.0 Å². The number of ether oxygens (including phenoxy) is 5. The van der Waals surface area contributed by atoms with Crippen molar-refractivity contribution in [3.63, 3.8) is 0 Å². The summed E-state index contributed by atoms with van der Waals surface area (Å²) in [5.74, 6) is -0.188. The highest BCUT2D eigenvalue weighted by Crippen LogP contribution is 2.29. The van der Waals surface area contributed by atoms with Crippen LogP contribution in [-0.4, -0.2) is 61.0 Å². The van der Waals surface area contributed by atoms with Gasteiger partial charge in [-0.2, -0.15) is 0 Å². The van der Waals surface area contributed by atoms with Crippen LogP contribution in [0.5, 0.6) is 0 Å². The van der Waals surface area contributed by atoms with E-state index in [2.05, 4.69) is 18.8 Å². The third kappa shape index (κ3) is 14.9. The van der Waals surface area contributed by atoms with Crippen molar-refractivity contribution in [1.29, 1.82) is 0 Å². The summed E-state index contributed by atoms with van der Waals surface area (Å²) in [6.45, 7) is 6.92. The standard InChI is InChI=1S/C44H61NO7/c1-3-5-6-7-8-9-10-11-21-28-38(49-32-35-22-15-12-16-23-35)30-40(47)45-41-43(51-34-37-26-19-14-20-27-37)42(50-33-36-24-17-13-18-25-36)39(31-46)52-44(41)48-29-4-2/h4,12-20,22-27,38-39,41-44,46H,2-3,5-11,21,28-34H2,1H3,(H,45,47)/t38-,39-,41-,42-,43-,44+/m1/s1. The van der Waals surface area contributed by atoms with Crippen LogP contribution in [0.2, 0.25) is 0 Å². The highest BCUT2D eigenvalue weighted by Gasteiger charge is 2.48. The summed E-state index contributed by atoms with van der Waals surface area (Å²) in [5.41, 5.74) is 3.02. The largest absolute Gasteiger partial charge is 0.394 e. The Labute approximate surface area is 311 Å². The van der Waals surface area contributed by atoms with Gasteiger partial charge in [0.25, 0.3) is 0 Å². The Morgan fingerprint density at radius 3 is 1.81 bits per heavy atom. The number of benzene rings is 3. The predicted molar refractivity (Wildman–Crippen MR) is 205 cm³/mol. The smallest absolute Gasteiger partial charge is 0.223 e. The van der Waals surface area contributed by atoms with E-state index in [1.807, 2.05) is 91.0 Å². The molecular weight excluding hydrogens is 654 g/mol. The van der Waals surface area contributed by atoms with Crippen LogP contribution in [0.4, 0.5) is 0 Å². The van der Waals surface area contributed by atoms with Gasteiger partial charge in [0.2, 0.25) is 5.91 Å². The van der Waals surface area contributed by atoms with Gasteiger partial charge in [0.15, 0.2) is 6.29 Å². The second-order valence-electron chi connectivity index (χ2n) is 13.7. The molecule has 2 N–H and O–H groups in total. The zero-order chi connectivity index (χ0) is 36.6. The van der Waals surface area contributed by atoms with Gasteiger partial charge in [-0.25, -0.2) is 0 Å². The fourth-order valence-electron chi connectivity index (χ4n) is 6.61. The monoisotopic (exact) mass is 715 g/mol. The molecule has 1 amide bonds. The summed E-state index contributed by atoms with van der Waals surface area (Å²) in [4.78, 5) is 14.0. The number of aliphatic hydroxyl groups excluding tert-OH is 1. The molecule has 0 saturated carbocycles. The zero-order valence-corrected chi connectivity index (χ0v) is 31.1. The molecule has 6 atom stereocenters. The molecular formula is C44H61NO7. The molecule has 1 fully saturated rings. The molecule has 8 heteroatoms. The van der Waals surface area contributed by atoms with Crippen LogP contribution in [-0.2, 0) is 48.3 Å². The van der Waals surface area contributed by atoms with Crippen molar-refractivity contribution in [3.05, 3.63) is 120 Å². The topological polar surface area (TPSA) is 95.5 Å². The molecule has 4 rings (SSSR count). The lowest BCUT2D eigenvalue weighted by Crippen LogP contribution is -2.66. The van der Waals surface area contributed by atoms with Crippen LogP contribution in [0.25, 0.3) is 0 Å². The molecule has 1 saturated heterocycles. The number of nitrogens with one attached hydrogen (secondary N) is 1. The molecule has 0 spiro atoms. The Kier molecular flexibility index (Phi) is 19.7. The minimum Gasteiger partial charge on any atom is -0.394 e. The van der Waals surface area contributed by atoms with E-state index in [0.29, 0.717) is 6.61 Å². The van der Waals surface area contributed by atoms with Crippen molar-refractivity contribution in [3.8, 4) is 0 Å². The lowest BCUT2D eigenvalue weighted by molar-refractivity contribution is -0.285. The highest BCUT2D eigenvalue weighted by atomic mass is 16.7. The average molecular weight is 716 g/mol. The molecule has 0 unspecified atom stereocenters. The van der Waals surface area contributed by atoms with Gasteiger partial charge in [-0.1, -0.05) is 162 Å². The van der Waals surface area contributed by atoms with Crippen molar-refractivity contribution in [2.24, 2.45) is 0 Å². The number of amides is 1. The number of hydrogen-bond donors (Lipinski definition) is 2. The SMILES string of the molecule is C=CCO[C@H]1O[C@H](CO)[C@@H](OCc2ccccc2)[C@H](OCc2ccccc2)[C@H]1NC(=O)C[C@@H](CCCCCCCCCCC)OCc1ccccc1. The average Bonchev–Trinajstić information content (AvgIpc) is 3.18. The molecule has 284 valence electrons. The number of rotatable bonds is 26. The fourth-order valence-corrected chi connectivity index (χ4v) is 6.61. The Bertz CT molecular complexity index is 1360. The van der Waals surface area contributed by atoms with Gasteiger partial charge in [-0.05, 0) is 23.1 Å². The maximum Gasteiger partial charge on any atom is 0.223 e. The van der Waals surface area contributed by atoms with Gasteiger partial charge in [0.1, 0.15) is 24.4 Å². The molecule has 3 aromatic carbocycles. The van der Waals surface area contributed by atoms with Gasteiger partial charge in [0.05, 0.1) is 45.6 Å². The first kappa shape index (κ1) is 41.4. The maximum absolute atomic E-state index is 14.0. The molecule has 52 heavy (non-hydrogen) atoms. The van der Waals surface area contributed by atoms with Crippen molar-refractivity contribution in [2.45, 2.75) is 134 Å². The minimum atomic E-state index is -0.905. The Morgan fingerprint density at radius 1 is 0.750 bits per heavy atom. The van der Waals surface area contributed by atoms with E-state index in [1.165, 1.54) is 44.9 Å². The summed E-state index contributed by atoms with van der Waals surface area (Å²) in [6.07, 6.45) is 10.4. The van der Waals surface area contributed by atoms with E-state index in [9.17, 15) is 9.90 Å². The summed E-state index contributed by atoms with van der Waals surface area (Å²) in [5, 5.41) is 13.7. The van der Waals surface area contributed by atoms with E-state index < -0.39 is 30.6 Å². The number of carbonyl (C=O) groups is 1.